The summed E-state index contributed by atoms with van der Waals surface area (Å²) >= 11 is 3.42. The predicted molar refractivity (Wildman–Crippen MR) is 80.3 cm³/mol. The van der Waals surface area contributed by atoms with Gasteiger partial charge < -0.3 is 9.84 Å². The minimum Gasteiger partial charge on any atom is -0.488 e. The van der Waals surface area contributed by atoms with Crippen LogP contribution in [0.2, 0.25) is 0 Å². The molecule has 2 nitrogen and oxygen atoms in total. The predicted octanol–water partition coefficient (Wildman–Crippen LogP) is 4.39. The summed E-state index contributed by atoms with van der Waals surface area (Å²) in [6.07, 6.45) is -0.541. The number of aryl methyl sites for hydroxylation is 1. The van der Waals surface area contributed by atoms with Gasteiger partial charge in [0.05, 0.1) is 6.10 Å². The Balaban J connectivity index is 2.14. The van der Waals surface area contributed by atoms with E-state index < -0.39 is 6.10 Å². The van der Waals surface area contributed by atoms with Crippen LogP contribution in [0, 0.1) is 6.92 Å². The third kappa shape index (κ3) is 3.82. The fourth-order valence-corrected chi connectivity index (χ4v) is 2.16. The highest BCUT2D eigenvalue weighted by molar-refractivity contribution is 9.10. The van der Waals surface area contributed by atoms with E-state index in [-0.39, 0.29) is 0 Å². The number of rotatable bonds is 4. The summed E-state index contributed by atoms with van der Waals surface area (Å²) in [4.78, 5) is 0. The SMILES string of the molecule is Cc1ccc(COc2cc(Br)ccc2[C@@H](C)O)cc1. The second-order valence-electron chi connectivity index (χ2n) is 4.63. The second kappa shape index (κ2) is 6.22. The fraction of sp³-hybridized carbons (Fsp3) is 0.250. The van der Waals surface area contributed by atoms with E-state index in [0.717, 1.165) is 15.6 Å². The van der Waals surface area contributed by atoms with Crippen LogP contribution in [0.5, 0.6) is 5.75 Å². The molecule has 1 atom stereocenters. The summed E-state index contributed by atoms with van der Waals surface area (Å²) in [6, 6.07) is 13.9. The molecule has 0 bridgehead atoms. The van der Waals surface area contributed by atoms with Gasteiger partial charge in [-0.25, -0.2) is 0 Å². The number of aliphatic hydroxyl groups excluding tert-OH is 1. The van der Waals surface area contributed by atoms with Gasteiger partial charge >= 0.3 is 0 Å². The summed E-state index contributed by atoms with van der Waals surface area (Å²) in [5.41, 5.74) is 3.15. The topological polar surface area (TPSA) is 29.5 Å². The molecule has 100 valence electrons. The highest BCUT2D eigenvalue weighted by atomic mass is 79.9. The molecule has 1 N–H and O–H groups in total. The van der Waals surface area contributed by atoms with E-state index in [4.69, 9.17) is 4.74 Å². The van der Waals surface area contributed by atoms with Crippen LogP contribution in [0.25, 0.3) is 0 Å². The van der Waals surface area contributed by atoms with Crippen LogP contribution >= 0.6 is 15.9 Å². The van der Waals surface area contributed by atoms with Crippen molar-refractivity contribution in [3.05, 3.63) is 63.6 Å². The maximum absolute atomic E-state index is 9.73. The van der Waals surface area contributed by atoms with E-state index in [1.807, 2.05) is 18.2 Å². The van der Waals surface area contributed by atoms with Crippen molar-refractivity contribution in [3.63, 3.8) is 0 Å². The van der Waals surface area contributed by atoms with Crippen LogP contribution in [0.4, 0.5) is 0 Å². The first-order chi connectivity index (χ1) is 9.06. The molecule has 3 heteroatoms. The summed E-state index contributed by atoms with van der Waals surface area (Å²) in [7, 11) is 0. The van der Waals surface area contributed by atoms with E-state index in [9.17, 15) is 5.11 Å². The number of hydrogen-bond acceptors (Lipinski definition) is 2. The lowest BCUT2D eigenvalue weighted by atomic mass is 10.1. The lowest BCUT2D eigenvalue weighted by Gasteiger charge is -2.14. The van der Waals surface area contributed by atoms with E-state index >= 15 is 0 Å². The van der Waals surface area contributed by atoms with Gasteiger partial charge in [-0.15, -0.1) is 0 Å². The lowest BCUT2D eigenvalue weighted by Crippen LogP contribution is -2.01. The van der Waals surface area contributed by atoms with E-state index in [2.05, 4.69) is 47.1 Å². The van der Waals surface area contributed by atoms with Crippen LogP contribution in [-0.2, 0) is 6.61 Å². The number of halogens is 1. The van der Waals surface area contributed by atoms with Crippen molar-refractivity contribution in [1.29, 1.82) is 0 Å². The van der Waals surface area contributed by atoms with Crippen molar-refractivity contribution in [3.8, 4) is 5.75 Å². The molecule has 0 heterocycles. The third-order valence-electron chi connectivity index (χ3n) is 2.94. The van der Waals surface area contributed by atoms with Crippen LogP contribution in [0.1, 0.15) is 29.7 Å². The number of ether oxygens (including phenoxy) is 1. The number of benzene rings is 2. The molecule has 0 fully saturated rings. The zero-order chi connectivity index (χ0) is 13.8. The molecule has 2 rings (SSSR count). The van der Waals surface area contributed by atoms with Gasteiger partial charge in [0.2, 0.25) is 0 Å². The van der Waals surface area contributed by atoms with Crippen molar-refractivity contribution in [1.82, 2.24) is 0 Å². The zero-order valence-corrected chi connectivity index (χ0v) is 12.6. The highest BCUT2D eigenvalue weighted by Gasteiger charge is 2.09. The van der Waals surface area contributed by atoms with E-state index in [1.165, 1.54) is 5.56 Å². The Kier molecular flexibility index (Phi) is 4.61. The van der Waals surface area contributed by atoms with Gasteiger partial charge in [-0.1, -0.05) is 51.8 Å². The van der Waals surface area contributed by atoms with E-state index in [0.29, 0.717) is 12.4 Å². The van der Waals surface area contributed by atoms with Gasteiger partial charge in [-0.05, 0) is 31.5 Å². The third-order valence-corrected chi connectivity index (χ3v) is 3.43. The Morgan fingerprint density at radius 3 is 2.47 bits per heavy atom. The summed E-state index contributed by atoms with van der Waals surface area (Å²) in [6.45, 7) is 4.29. The van der Waals surface area contributed by atoms with Gasteiger partial charge in [-0.2, -0.15) is 0 Å². The molecule has 0 radical (unpaired) electrons. The summed E-state index contributed by atoms with van der Waals surface area (Å²) in [5.74, 6) is 0.713. The average Bonchev–Trinajstić information content (AvgIpc) is 2.38. The van der Waals surface area contributed by atoms with Crippen molar-refractivity contribution in [2.45, 2.75) is 26.6 Å². The van der Waals surface area contributed by atoms with Crippen LogP contribution in [0.3, 0.4) is 0 Å². The molecule has 2 aromatic rings. The van der Waals surface area contributed by atoms with Crippen molar-refractivity contribution in [2.24, 2.45) is 0 Å². The summed E-state index contributed by atoms with van der Waals surface area (Å²) < 4.78 is 6.76. The molecular formula is C16H17BrO2. The maximum atomic E-state index is 9.73. The van der Waals surface area contributed by atoms with Gasteiger partial charge in [0.1, 0.15) is 12.4 Å². The first kappa shape index (κ1) is 14.1. The Bertz CT molecular complexity index is 547. The molecule has 0 saturated carbocycles. The summed E-state index contributed by atoms with van der Waals surface area (Å²) in [5, 5.41) is 9.73. The molecule has 0 aliphatic carbocycles. The van der Waals surface area contributed by atoms with Crippen LogP contribution < -0.4 is 4.74 Å². The van der Waals surface area contributed by atoms with Gasteiger partial charge in [-0.3, -0.25) is 0 Å². The Labute approximate surface area is 122 Å². The number of hydrogen-bond donors (Lipinski definition) is 1. The monoisotopic (exact) mass is 320 g/mol. The van der Waals surface area contributed by atoms with Crippen LogP contribution in [-0.4, -0.2) is 5.11 Å². The smallest absolute Gasteiger partial charge is 0.126 e. The molecule has 0 aliphatic rings. The molecule has 0 aliphatic heterocycles. The lowest BCUT2D eigenvalue weighted by molar-refractivity contribution is 0.190. The van der Waals surface area contributed by atoms with Crippen molar-refractivity contribution in [2.75, 3.05) is 0 Å². The highest BCUT2D eigenvalue weighted by Crippen LogP contribution is 2.29. The molecular weight excluding hydrogens is 304 g/mol. The molecule has 0 aromatic heterocycles. The Morgan fingerprint density at radius 1 is 1.16 bits per heavy atom. The van der Waals surface area contributed by atoms with Gasteiger partial charge in [0, 0.05) is 10.0 Å². The first-order valence-electron chi connectivity index (χ1n) is 6.22. The van der Waals surface area contributed by atoms with Gasteiger partial charge in [0.15, 0.2) is 0 Å². The van der Waals surface area contributed by atoms with Crippen molar-refractivity contribution >= 4 is 15.9 Å². The molecule has 0 spiro atoms. The standard InChI is InChI=1S/C16H17BrO2/c1-11-3-5-13(6-4-11)10-19-16-9-14(17)7-8-15(16)12(2)18/h3-9,12,18H,10H2,1-2H3/t12-/m1/s1. The Hall–Kier alpha value is -1.32. The fourth-order valence-electron chi connectivity index (χ4n) is 1.82. The second-order valence-corrected chi connectivity index (χ2v) is 5.55. The molecule has 2 aromatic carbocycles. The number of aliphatic hydroxyl groups is 1. The van der Waals surface area contributed by atoms with Gasteiger partial charge in [0.25, 0.3) is 0 Å². The largest absolute Gasteiger partial charge is 0.488 e. The Morgan fingerprint density at radius 2 is 1.84 bits per heavy atom. The minimum atomic E-state index is -0.541. The van der Waals surface area contributed by atoms with E-state index in [1.54, 1.807) is 6.92 Å². The quantitative estimate of drug-likeness (QED) is 0.905. The average molecular weight is 321 g/mol. The maximum Gasteiger partial charge on any atom is 0.126 e. The first-order valence-corrected chi connectivity index (χ1v) is 7.01. The molecule has 0 unspecified atom stereocenters. The van der Waals surface area contributed by atoms with Crippen molar-refractivity contribution < 1.29 is 9.84 Å². The van der Waals surface area contributed by atoms with Crippen LogP contribution in [0.15, 0.2) is 46.9 Å². The molecule has 0 amide bonds. The zero-order valence-electron chi connectivity index (χ0n) is 11.1. The normalized spacial score (nSPS) is 12.2. The molecule has 19 heavy (non-hydrogen) atoms. The molecule has 0 saturated heterocycles. The minimum absolute atomic E-state index is 0.496.